The third kappa shape index (κ3) is 2.94. The monoisotopic (exact) mass is 212 g/mol. The van der Waals surface area contributed by atoms with Crippen LogP contribution in [0.3, 0.4) is 0 Å². The Morgan fingerprint density at radius 1 is 1.33 bits per heavy atom. The smallest absolute Gasteiger partial charge is 0.0741 e. The summed E-state index contributed by atoms with van der Waals surface area (Å²) in [5.41, 5.74) is 1.30. The maximum atomic E-state index is 8.96. The highest BCUT2D eigenvalue weighted by Crippen LogP contribution is 2.37. The van der Waals surface area contributed by atoms with Crippen molar-refractivity contribution in [2.45, 2.75) is 46.1 Å². The second-order valence-corrected chi connectivity index (χ2v) is 5.91. The first-order chi connectivity index (χ1) is 6.86. The lowest BCUT2D eigenvalue weighted by molar-refractivity contribution is 0.160. The van der Waals surface area contributed by atoms with E-state index in [1.807, 2.05) is 0 Å². The van der Waals surface area contributed by atoms with Gasteiger partial charge >= 0.3 is 0 Å². The normalized spacial score (nSPS) is 31.2. The largest absolute Gasteiger partial charge is 0.411 e. The van der Waals surface area contributed by atoms with Crippen molar-refractivity contribution in [2.24, 2.45) is 16.5 Å². The molecule has 0 amide bonds. The molecule has 2 atom stereocenters. The Labute approximate surface area is 93.2 Å². The summed E-state index contributed by atoms with van der Waals surface area (Å²) in [5.74, 6) is 0.718. The average molecular weight is 212 g/mol. The fourth-order valence-corrected chi connectivity index (χ4v) is 2.42. The van der Waals surface area contributed by atoms with Crippen LogP contribution in [-0.4, -0.2) is 36.0 Å². The van der Waals surface area contributed by atoms with Gasteiger partial charge in [-0.3, -0.25) is 0 Å². The summed E-state index contributed by atoms with van der Waals surface area (Å²) >= 11 is 0. The van der Waals surface area contributed by atoms with E-state index in [4.69, 9.17) is 5.21 Å². The average Bonchev–Trinajstić information content (AvgIpc) is 2.15. The molecule has 1 aliphatic rings. The van der Waals surface area contributed by atoms with Gasteiger partial charge in [0, 0.05) is 0 Å². The Morgan fingerprint density at radius 2 is 1.93 bits per heavy atom. The van der Waals surface area contributed by atoms with Crippen LogP contribution in [0.1, 0.15) is 40.0 Å². The van der Waals surface area contributed by atoms with E-state index in [1.54, 1.807) is 0 Å². The second kappa shape index (κ2) is 4.52. The lowest BCUT2D eigenvalue weighted by Gasteiger charge is -2.40. The maximum Gasteiger partial charge on any atom is 0.0741 e. The Balaban J connectivity index is 2.75. The molecule has 15 heavy (non-hydrogen) atoms. The van der Waals surface area contributed by atoms with Gasteiger partial charge in [0.1, 0.15) is 0 Å². The molecule has 0 radical (unpaired) electrons. The Morgan fingerprint density at radius 3 is 2.33 bits per heavy atom. The van der Waals surface area contributed by atoms with E-state index < -0.39 is 0 Å². The minimum Gasteiger partial charge on any atom is -0.411 e. The number of hydrogen-bond donors (Lipinski definition) is 1. The van der Waals surface area contributed by atoms with Gasteiger partial charge in [0.25, 0.3) is 0 Å². The van der Waals surface area contributed by atoms with E-state index in [1.165, 1.54) is 0 Å². The molecule has 0 aliphatic heterocycles. The summed E-state index contributed by atoms with van der Waals surface area (Å²) in [6.07, 6.45) is 3.18. The molecule has 0 aromatic rings. The minimum absolute atomic E-state index is 0.313. The molecule has 1 saturated carbocycles. The predicted molar refractivity (Wildman–Crippen MR) is 63.5 cm³/mol. The quantitative estimate of drug-likeness (QED) is 0.535. The van der Waals surface area contributed by atoms with Gasteiger partial charge in [-0.15, -0.1) is 0 Å². The molecule has 1 rings (SSSR count). The highest BCUT2D eigenvalue weighted by molar-refractivity contribution is 5.89. The summed E-state index contributed by atoms with van der Waals surface area (Å²) < 4.78 is 0. The van der Waals surface area contributed by atoms with Crippen LogP contribution < -0.4 is 0 Å². The van der Waals surface area contributed by atoms with Crippen LogP contribution in [0.2, 0.25) is 0 Å². The molecular formula is C12H24N2O. The minimum atomic E-state index is 0.313. The van der Waals surface area contributed by atoms with Crippen LogP contribution in [0, 0.1) is 11.3 Å². The summed E-state index contributed by atoms with van der Waals surface area (Å²) in [4.78, 5) is 2.16. The SMILES string of the molecule is CN(C)[C@@H]1C[C@@H](C(C)(C)C)CC/C1=N\O. The molecule has 3 nitrogen and oxygen atoms in total. The van der Waals surface area contributed by atoms with Crippen LogP contribution in [0.5, 0.6) is 0 Å². The Bertz CT molecular complexity index is 240. The van der Waals surface area contributed by atoms with Crippen molar-refractivity contribution in [3.8, 4) is 0 Å². The van der Waals surface area contributed by atoms with Gasteiger partial charge in [-0.2, -0.15) is 0 Å². The van der Waals surface area contributed by atoms with Crippen molar-refractivity contribution in [3.63, 3.8) is 0 Å². The summed E-state index contributed by atoms with van der Waals surface area (Å²) in [7, 11) is 4.11. The van der Waals surface area contributed by atoms with Crippen molar-refractivity contribution in [3.05, 3.63) is 0 Å². The highest BCUT2D eigenvalue weighted by Gasteiger charge is 2.34. The van der Waals surface area contributed by atoms with E-state index >= 15 is 0 Å². The number of hydrogen-bond acceptors (Lipinski definition) is 3. The van der Waals surface area contributed by atoms with Crippen LogP contribution in [0.4, 0.5) is 0 Å². The van der Waals surface area contributed by atoms with Crippen molar-refractivity contribution >= 4 is 5.71 Å². The van der Waals surface area contributed by atoms with Gasteiger partial charge in [-0.05, 0) is 44.7 Å². The van der Waals surface area contributed by atoms with E-state index in [2.05, 4.69) is 44.9 Å². The molecule has 3 heteroatoms. The van der Waals surface area contributed by atoms with Gasteiger partial charge < -0.3 is 10.1 Å². The summed E-state index contributed by atoms with van der Waals surface area (Å²) in [6.45, 7) is 6.89. The molecule has 0 aromatic carbocycles. The fourth-order valence-electron chi connectivity index (χ4n) is 2.42. The van der Waals surface area contributed by atoms with Gasteiger partial charge in [0.05, 0.1) is 11.8 Å². The summed E-state index contributed by atoms with van der Waals surface area (Å²) in [5, 5.41) is 12.4. The first-order valence-electron chi connectivity index (χ1n) is 5.73. The number of nitrogens with zero attached hydrogens (tertiary/aromatic N) is 2. The highest BCUT2D eigenvalue weighted by atomic mass is 16.4. The van der Waals surface area contributed by atoms with E-state index in [0.717, 1.165) is 30.9 Å². The molecule has 0 aromatic heterocycles. The van der Waals surface area contributed by atoms with Crippen LogP contribution in [0.25, 0.3) is 0 Å². The van der Waals surface area contributed by atoms with E-state index in [-0.39, 0.29) is 0 Å². The maximum absolute atomic E-state index is 8.96. The fraction of sp³-hybridized carbons (Fsp3) is 0.917. The molecule has 0 unspecified atom stereocenters. The van der Waals surface area contributed by atoms with Crippen molar-refractivity contribution in [2.75, 3.05) is 14.1 Å². The van der Waals surface area contributed by atoms with E-state index in [0.29, 0.717) is 11.5 Å². The van der Waals surface area contributed by atoms with E-state index in [9.17, 15) is 0 Å². The molecule has 1 fully saturated rings. The topological polar surface area (TPSA) is 35.8 Å². The van der Waals surface area contributed by atoms with Crippen LogP contribution in [-0.2, 0) is 0 Å². The number of rotatable bonds is 1. The predicted octanol–water partition coefficient (Wildman–Crippen LogP) is 2.59. The standard InChI is InChI=1S/C12H24N2O/c1-12(2,3)9-6-7-10(13-15)11(8-9)14(4)5/h9,11,15H,6-8H2,1-5H3/b13-10+/t9-,11+/m0/s1. The molecule has 0 heterocycles. The molecule has 0 saturated heterocycles. The third-order valence-electron chi connectivity index (χ3n) is 3.62. The van der Waals surface area contributed by atoms with Crippen molar-refractivity contribution in [1.82, 2.24) is 4.90 Å². The Kier molecular flexibility index (Phi) is 3.77. The van der Waals surface area contributed by atoms with Crippen LogP contribution >= 0.6 is 0 Å². The first-order valence-corrected chi connectivity index (χ1v) is 5.73. The zero-order valence-electron chi connectivity index (χ0n) is 10.6. The van der Waals surface area contributed by atoms with Gasteiger partial charge in [-0.25, -0.2) is 0 Å². The molecule has 1 N–H and O–H groups in total. The van der Waals surface area contributed by atoms with Crippen LogP contribution in [0.15, 0.2) is 5.16 Å². The number of oxime groups is 1. The van der Waals surface area contributed by atoms with Crippen molar-refractivity contribution in [1.29, 1.82) is 0 Å². The van der Waals surface area contributed by atoms with Gasteiger partial charge in [-0.1, -0.05) is 25.9 Å². The first kappa shape index (κ1) is 12.5. The van der Waals surface area contributed by atoms with Gasteiger partial charge in [0.2, 0.25) is 0 Å². The molecule has 1 aliphatic carbocycles. The zero-order valence-corrected chi connectivity index (χ0v) is 10.6. The summed E-state index contributed by atoms with van der Waals surface area (Å²) in [6, 6.07) is 0.313. The molecular weight excluding hydrogens is 188 g/mol. The Hall–Kier alpha value is -0.570. The second-order valence-electron chi connectivity index (χ2n) is 5.91. The molecule has 0 bridgehead atoms. The van der Waals surface area contributed by atoms with Crippen molar-refractivity contribution < 1.29 is 5.21 Å². The lowest BCUT2D eigenvalue weighted by atomic mass is 9.70. The molecule has 0 spiro atoms. The lowest BCUT2D eigenvalue weighted by Crippen LogP contribution is -2.43. The third-order valence-corrected chi connectivity index (χ3v) is 3.62. The zero-order chi connectivity index (χ0) is 11.6. The van der Waals surface area contributed by atoms with Gasteiger partial charge in [0.15, 0.2) is 0 Å². The molecule has 88 valence electrons.